The summed E-state index contributed by atoms with van der Waals surface area (Å²) < 4.78 is 5.46. The predicted molar refractivity (Wildman–Crippen MR) is 159 cm³/mol. The van der Waals surface area contributed by atoms with Gasteiger partial charge in [0.2, 0.25) is 11.8 Å². The van der Waals surface area contributed by atoms with E-state index in [1.165, 1.54) is 18.4 Å². The van der Waals surface area contributed by atoms with Crippen LogP contribution in [-0.2, 0) is 19.1 Å². The minimum Gasteiger partial charge on any atom is -0.378 e. The van der Waals surface area contributed by atoms with Gasteiger partial charge in [-0.05, 0) is 56.6 Å². The molecule has 0 saturated carbocycles. The number of carbonyl (C=O) groups excluding carboxylic acids is 3. The quantitative estimate of drug-likeness (QED) is 0.434. The zero-order chi connectivity index (χ0) is 28.6. The van der Waals surface area contributed by atoms with E-state index in [2.05, 4.69) is 11.4 Å². The van der Waals surface area contributed by atoms with Crippen molar-refractivity contribution in [3.8, 4) is 0 Å². The van der Waals surface area contributed by atoms with E-state index in [9.17, 15) is 14.4 Å². The summed E-state index contributed by atoms with van der Waals surface area (Å²) in [5, 5.41) is 3.19. The number of amides is 3. The lowest BCUT2D eigenvalue weighted by Gasteiger charge is -2.37. The van der Waals surface area contributed by atoms with Crippen molar-refractivity contribution in [2.45, 2.75) is 57.9 Å². The fraction of sp³-hybridized carbons (Fsp3) is 0.441. The monoisotopic (exact) mass is 555 g/mol. The fourth-order valence-corrected chi connectivity index (χ4v) is 6.15. The number of carbonyl (C=O) groups is 3. The zero-order valence-corrected chi connectivity index (χ0v) is 24.0. The maximum atomic E-state index is 13.9. The van der Waals surface area contributed by atoms with Crippen molar-refractivity contribution < 1.29 is 19.1 Å². The molecule has 2 aromatic carbocycles. The summed E-state index contributed by atoms with van der Waals surface area (Å²) in [6.07, 6.45) is 7.95. The van der Waals surface area contributed by atoms with Gasteiger partial charge in [-0.2, -0.15) is 0 Å². The molecule has 41 heavy (non-hydrogen) atoms. The molecule has 2 heterocycles. The van der Waals surface area contributed by atoms with Crippen LogP contribution < -0.4 is 5.32 Å². The number of nitrogens with zero attached hydrogens (tertiary/aromatic N) is 2. The van der Waals surface area contributed by atoms with Gasteiger partial charge in [-0.15, -0.1) is 0 Å². The van der Waals surface area contributed by atoms with Crippen LogP contribution in [0.1, 0.15) is 69.0 Å². The molecule has 1 unspecified atom stereocenters. The summed E-state index contributed by atoms with van der Waals surface area (Å²) in [5.41, 5.74) is 4.70. The van der Waals surface area contributed by atoms with Crippen molar-refractivity contribution in [2.24, 2.45) is 5.92 Å². The SMILES string of the molecule is CC1=C(C(=O)N2CCOCC2)CC(CC(=O)NC(c2ccccc2)c2ccccc2)C(=O)N1CCC1=CCCCC1. The number of ether oxygens (including phenoxy) is 1. The van der Waals surface area contributed by atoms with Crippen LogP contribution >= 0.6 is 0 Å². The number of rotatable bonds is 9. The van der Waals surface area contributed by atoms with E-state index in [0.29, 0.717) is 38.4 Å². The Labute approximate surface area is 243 Å². The molecule has 1 aliphatic carbocycles. The van der Waals surface area contributed by atoms with Crippen LogP contribution in [0.15, 0.2) is 83.6 Å². The third-order valence-corrected chi connectivity index (χ3v) is 8.51. The van der Waals surface area contributed by atoms with E-state index in [-0.39, 0.29) is 36.6 Å². The molecular weight excluding hydrogens is 514 g/mol. The maximum absolute atomic E-state index is 13.9. The molecule has 7 heteroatoms. The molecular formula is C34H41N3O4. The summed E-state index contributed by atoms with van der Waals surface area (Å²) in [6.45, 7) is 4.53. The normalized spacial score (nSPS) is 19.8. The summed E-state index contributed by atoms with van der Waals surface area (Å²) in [5.74, 6) is -0.902. The second kappa shape index (κ2) is 13.8. The average molecular weight is 556 g/mol. The van der Waals surface area contributed by atoms with E-state index in [4.69, 9.17) is 4.74 Å². The second-order valence-electron chi connectivity index (χ2n) is 11.2. The molecule has 2 aromatic rings. The Balaban J connectivity index is 1.36. The first-order chi connectivity index (χ1) is 20.0. The number of hydrogen-bond donors (Lipinski definition) is 1. The highest BCUT2D eigenvalue weighted by Crippen LogP contribution is 2.33. The molecule has 0 radical (unpaired) electrons. The predicted octanol–water partition coefficient (Wildman–Crippen LogP) is 5.15. The average Bonchev–Trinajstić information content (AvgIpc) is 3.02. The molecule has 0 bridgehead atoms. The summed E-state index contributed by atoms with van der Waals surface area (Å²) in [4.78, 5) is 44.7. The van der Waals surface area contributed by atoms with E-state index >= 15 is 0 Å². The molecule has 216 valence electrons. The topological polar surface area (TPSA) is 79.0 Å². The summed E-state index contributed by atoms with van der Waals surface area (Å²) in [7, 11) is 0. The lowest BCUT2D eigenvalue weighted by molar-refractivity contribution is -0.139. The Hall–Kier alpha value is -3.71. The Morgan fingerprint density at radius 2 is 1.63 bits per heavy atom. The van der Waals surface area contributed by atoms with Crippen LogP contribution in [0.25, 0.3) is 0 Å². The third kappa shape index (κ3) is 7.14. The van der Waals surface area contributed by atoms with Crippen molar-refractivity contribution >= 4 is 17.7 Å². The highest BCUT2D eigenvalue weighted by molar-refractivity contribution is 5.98. The Morgan fingerprint density at radius 3 is 2.24 bits per heavy atom. The molecule has 1 atom stereocenters. The van der Waals surface area contributed by atoms with Gasteiger partial charge in [0, 0.05) is 37.3 Å². The summed E-state index contributed by atoms with van der Waals surface area (Å²) in [6, 6.07) is 19.4. The van der Waals surface area contributed by atoms with Crippen LogP contribution in [0.5, 0.6) is 0 Å². The van der Waals surface area contributed by atoms with Gasteiger partial charge < -0.3 is 19.9 Å². The largest absolute Gasteiger partial charge is 0.378 e. The number of benzene rings is 2. The second-order valence-corrected chi connectivity index (χ2v) is 11.2. The molecule has 1 fully saturated rings. The standard InChI is InChI=1S/C34H41N3O4/c1-25-30(34(40)36-19-21-41-22-20-36)23-29(33(39)37(25)18-17-26-11-5-2-6-12-26)24-31(38)35-32(27-13-7-3-8-14-27)28-15-9-4-10-16-28/h3-4,7-11,13-16,29,32H,2,5-6,12,17-24H2,1H3,(H,35,38). The van der Waals surface area contributed by atoms with Crippen molar-refractivity contribution in [3.63, 3.8) is 0 Å². The Bertz CT molecular complexity index is 1240. The minimum atomic E-state index is -0.591. The molecule has 1 N–H and O–H groups in total. The van der Waals surface area contributed by atoms with Crippen LogP contribution in [0, 0.1) is 5.92 Å². The van der Waals surface area contributed by atoms with Crippen molar-refractivity contribution in [3.05, 3.63) is 94.7 Å². The van der Waals surface area contributed by atoms with E-state index < -0.39 is 5.92 Å². The molecule has 1 saturated heterocycles. The van der Waals surface area contributed by atoms with E-state index in [1.54, 1.807) is 4.90 Å². The van der Waals surface area contributed by atoms with Gasteiger partial charge in [0.15, 0.2) is 0 Å². The number of nitrogens with one attached hydrogen (secondary N) is 1. The first kappa shape index (κ1) is 28.8. The lowest BCUT2D eigenvalue weighted by atomic mass is 9.87. The first-order valence-electron chi connectivity index (χ1n) is 15.0. The van der Waals surface area contributed by atoms with Crippen molar-refractivity contribution in [1.29, 1.82) is 0 Å². The molecule has 3 aliphatic rings. The van der Waals surface area contributed by atoms with Crippen LogP contribution in [-0.4, -0.2) is 60.4 Å². The van der Waals surface area contributed by atoms with Gasteiger partial charge in [0.25, 0.3) is 5.91 Å². The number of hydrogen-bond acceptors (Lipinski definition) is 4. The van der Waals surface area contributed by atoms with E-state index in [1.807, 2.05) is 72.5 Å². The van der Waals surface area contributed by atoms with Gasteiger partial charge in [-0.25, -0.2) is 0 Å². The molecule has 2 aliphatic heterocycles. The highest BCUT2D eigenvalue weighted by Gasteiger charge is 2.38. The van der Waals surface area contributed by atoms with Gasteiger partial charge >= 0.3 is 0 Å². The fourth-order valence-electron chi connectivity index (χ4n) is 6.15. The summed E-state index contributed by atoms with van der Waals surface area (Å²) >= 11 is 0. The van der Waals surface area contributed by atoms with E-state index in [0.717, 1.165) is 36.1 Å². The molecule has 7 nitrogen and oxygen atoms in total. The van der Waals surface area contributed by atoms with Gasteiger partial charge in [-0.1, -0.05) is 72.3 Å². The minimum absolute atomic E-state index is 0.0291. The molecule has 0 spiro atoms. The maximum Gasteiger partial charge on any atom is 0.251 e. The number of morpholine rings is 1. The van der Waals surface area contributed by atoms with Gasteiger partial charge in [0.1, 0.15) is 0 Å². The molecule has 0 aromatic heterocycles. The molecule has 5 rings (SSSR count). The smallest absolute Gasteiger partial charge is 0.251 e. The Morgan fingerprint density at radius 1 is 0.976 bits per heavy atom. The molecule has 3 amide bonds. The van der Waals surface area contributed by atoms with Gasteiger partial charge in [0.05, 0.1) is 25.2 Å². The van der Waals surface area contributed by atoms with Gasteiger partial charge in [-0.3, -0.25) is 14.4 Å². The zero-order valence-electron chi connectivity index (χ0n) is 24.0. The van der Waals surface area contributed by atoms with Crippen LogP contribution in [0.3, 0.4) is 0 Å². The first-order valence-corrected chi connectivity index (χ1v) is 15.0. The highest BCUT2D eigenvalue weighted by atomic mass is 16.5. The lowest BCUT2D eigenvalue weighted by Crippen LogP contribution is -2.47. The van der Waals surface area contributed by atoms with Crippen LogP contribution in [0.2, 0.25) is 0 Å². The van der Waals surface area contributed by atoms with Crippen molar-refractivity contribution in [2.75, 3.05) is 32.8 Å². The van der Waals surface area contributed by atoms with Crippen molar-refractivity contribution in [1.82, 2.24) is 15.1 Å². The third-order valence-electron chi connectivity index (χ3n) is 8.51. The van der Waals surface area contributed by atoms with Crippen LogP contribution in [0.4, 0.5) is 0 Å². The number of allylic oxidation sites excluding steroid dienone is 2. The Kier molecular flexibility index (Phi) is 9.67.